The quantitative estimate of drug-likeness (QED) is 0.645. The molecule has 0 spiro atoms. The molecule has 0 aromatic carbocycles. The Morgan fingerprint density at radius 2 is 2.31 bits per heavy atom. The minimum absolute atomic E-state index is 0.215. The zero-order valence-corrected chi connectivity index (χ0v) is 8.24. The number of ketones is 1. The van der Waals surface area contributed by atoms with Crippen LogP contribution in [0.15, 0.2) is 12.4 Å². The molecule has 1 fully saturated rings. The van der Waals surface area contributed by atoms with E-state index in [1.165, 1.54) is 0 Å². The van der Waals surface area contributed by atoms with Crippen LogP contribution in [0.3, 0.4) is 0 Å². The van der Waals surface area contributed by atoms with E-state index in [4.69, 9.17) is 0 Å². The van der Waals surface area contributed by atoms with Gasteiger partial charge in [-0.15, -0.1) is 0 Å². The molecule has 3 heteroatoms. The Morgan fingerprint density at radius 1 is 1.69 bits per heavy atom. The molecule has 1 saturated carbocycles. The minimum atomic E-state index is 0.215. The second kappa shape index (κ2) is 2.44. The molecule has 0 bridgehead atoms. The zero-order valence-electron chi connectivity index (χ0n) is 8.24. The number of carbonyl (C=O) groups is 1. The Hall–Kier alpha value is -1.12. The third-order valence-electron chi connectivity index (χ3n) is 2.82. The van der Waals surface area contributed by atoms with Crippen LogP contribution in [-0.2, 0) is 7.05 Å². The van der Waals surface area contributed by atoms with E-state index in [9.17, 15) is 4.79 Å². The van der Waals surface area contributed by atoms with Gasteiger partial charge in [-0.1, -0.05) is 13.8 Å². The van der Waals surface area contributed by atoms with Gasteiger partial charge in [0.2, 0.25) is 0 Å². The molecule has 1 heterocycles. The number of hydrogen-bond acceptors (Lipinski definition) is 2. The van der Waals surface area contributed by atoms with Crippen molar-refractivity contribution in [2.45, 2.75) is 20.3 Å². The van der Waals surface area contributed by atoms with E-state index in [1.54, 1.807) is 17.1 Å². The summed E-state index contributed by atoms with van der Waals surface area (Å²) in [6.45, 7) is 4.26. The van der Waals surface area contributed by atoms with Gasteiger partial charge in [0, 0.05) is 19.2 Å². The van der Waals surface area contributed by atoms with Gasteiger partial charge in [-0.25, -0.2) is 0 Å². The molecule has 0 saturated heterocycles. The molecule has 1 aromatic heterocycles. The zero-order chi connectivity index (χ0) is 9.64. The molecule has 0 aliphatic heterocycles. The Balaban J connectivity index is 2.16. The van der Waals surface area contributed by atoms with Gasteiger partial charge in [0.1, 0.15) is 0 Å². The van der Waals surface area contributed by atoms with Crippen molar-refractivity contribution in [1.82, 2.24) is 9.78 Å². The lowest BCUT2D eigenvalue weighted by Crippen LogP contribution is -2.05. The molecule has 1 atom stereocenters. The molecule has 1 aliphatic carbocycles. The van der Waals surface area contributed by atoms with Crippen LogP contribution in [-0.4, -0.2) is 15.6 Å². The molecule has 70 valence electrons. The van der Waals surface area contributed by atoms with Gasteiger partial charge in [0.05, 0.1) is 11.8 Å². The highest BCUT2D eigenvalue weighted by atomic mass is 16.1. The standard InChI is InChI=1S/C10H14N2O/c1-10(2)4-8(10)9(13)7-5-11-12(3)6-7/h5-6,8H,4H2,1-3H3. The lowest BCUT2D eigenvalue weighted by atomic mass is 10.0. The van der Waals surface area contributed by atoms with Gasteiger partial charge in [-0.05, 0) is 11.8 Å². The average molecular weight is 178 g/mol. The fourth-order valence-electron chi connectivity index (χ4n) is 1.66. The lowest BCUT2D eigenvalue weighted by Gasteiger charge is -1.99. The van der Waals surface area contributed by atoms with Crippen molar-refractivity contribution in [3.63, 3.8) is 0 Å². The number of aryl methyl sites for hydroxylation is 1. The van der Waals surface area contributed by atoms with Crippen molar-refractivity contribution in [3.8, 4) is 0 Å². The van der Waals surface area contributed by atoms with Gasteiger partial charge in [0.15, 0.2) is 5.78 Å². The summed E-state index contributed by atoms with van der Waals surface area (Å²) in [6, 6.07) is 0. The van der Waals surface area contributed by atoms with Crippen LogP contribution < -0.4 is 0 Å². The second-order valence-corrected chi connectivity index (χ2v) is 4.51. The maximum absolute atomic E-state index is 11.8. The summed E-state index contributed by atoms with van der Waals surface area (Å²) in [5.41, 5.74) is 0.963. The second-order valence-electron chi connectivity index (χ2n) is 4.51. The molecule has 0 radical (unpaired) electrons. The number of hydrogen-bond donors (Lipinski definition) is 0. The molecular weight excluding hydrogens is 164 g/mol. The third-order valence-corrected chi connectivity index (χ3v) is 2.82. The number of carbonyl (C=O) groups excluding carboxylic acids is 1. The van der Waals surface area contributed by atoms with Gasteiger partial charge in [-0.3, -0.25) is 9.48 Å². The molecule has 1 unspecified atom stereocenters. The third kappa shape index (κ3) is 1.39. The maximum Gasteiger partial charge on any atom is 0.169 e. The molecule has 2 rings (SSSR count). The first-order valence-corrected chi connectivity index (χ1v) is 4.53. The van der Waals surface area contributed by atoms with Crippen LogP contribution in [0.4, 0.5) is 0 Å². The lowest BCUT2D eigenvalue weighted by molar-refractivity contribution is 0.0953. The van der Waals surface area contributed by atoms with Crippen molar-refractivity contribution < 1.29 is 4.79 Å². The molecule has 3 nitrogen and oxygen atoms in total. The molecular formula is C10H14N2O. The predicted molar refractivity (Wildman–Crippen MR) is 49.4 cm³/mol. The van der Waals surface area contributed by atoms with Crippen molar-refractivity contribution >= 4 is 5.78 Å². The SMILES string of the molecule is Cn1cc(C(=O)C2CC2(C)C)cn1. The van der Waals surface area contributed by atoms with E-state index < -0.39 is 0 Å². The van der Waals surface area contributed by atoms with Gasteiger partial charge in [0.25, 0.3) is 0 Å². The van der Waals surface area contributed by atoms with Crippen molar-refractivity contribution in [2.24, 2.45) is 18.4 Å². The van der Waals surface area contributed by atoms with Crippen molar-refractivity contribution in [1.29, 1.82) is 0 Å². The normalized spacial score (nSPS) is 24.4. The largest absolute Gasteiger partial charge is 0.294 e. The fourth-order valence-corrected chi connectivity index (χ4v) is 1.66. The Morgan fingerprint density at radius 3 is 2.69 bits per heavy atom. The predicted octanol–water partition coefficient (Wildman–Crippen LogP) is 1.65. The van der Waals surface area contributed by atoms with Crippen molar-refractivity contribution in [2.75, 3.05) is 0 Å². The molecule has 1 aliphatic rings. The van der Waals surface area contributed by atoms with Gasteiger partial charge in [-0.2, -0.15) is 5.10 Å². The van der Waals surface area contributed by atoms with Gasteiger partial charge < -0.3 is 0 Å². The van der Waals surface area contributed by atoms with E-state index in [1.807, 2.05) is 7.05 Å². The van der Waals surface area contributed by atoms with Gasteiger partial charge >= 0.3 is 0 Å². The van der Waals surface area contributed by atoms with E-state index in [2.05, 4.69) is 18.9 Å². The topological polar surface area (TPSA) is 34.9 Å². The number of Topliss-reactive ketones (excluding diaryl/α,β-unsaturated/α-hetero) is 1. The first kappa shape index (κ1) is 8.48. The highest BCUT2D eigenvalue weighted by Crippen LogP contribution is 2.52. The summed E-state index contributed by atoms with van der Waals surface area (Å²) in [6.07, 6.45) is 4.45. The highest BCUT2D eigenvalue weighted by molar-refractivity contribution is 5.99. The average Bonchev–Trinajstić information content (AvgIpc) is 2.47. The van der Waals surface area contributed by atoms with E-state index in [0.29, 0.717) is 0 Å². The molecule has 13 heavy (non-hydrogen) atoms. The first-order chi connectivity index (χ1) is 6.00. The fraction of sp³-hybridized carbons (Fsp3) is 0.600. The van der Waals surface area contributed by atoms with E-state index >= 15 is 0 Å². The molecule has 1 aromatic rings. The highest BCUT2D eigenvalue weighted by Gasteiger charge is 2.50. The number of aromatic nitrogens is 2. The van der Waals surface area contributed by atoms with E-state index in [0.717, 1.165) is 12.0 Å². The summed E-state index contributed by atoms with van der Waals surface area (Å²) in [7, 11) is 1.83. The van der Waals surface area contributed by atoms with Crippen LogP contribution >= 0.6 is 0 Å². The number of nitrogens with zero attached hydrogens (tertiary/aromatic N) is 2. The monoisotopic (exact) mass is 178 g/mol. The summed E-state index contributed by atoms with van der Waals surface area (Å²) in [5, 5.41) is 3.99. The first-order valence-electron chi connectivity index (χ1n) is 4.53. The summed E-state index contributed by atoms with van der Waals surface area (Å²) >= 11 is 0. The van der Waals surface area contributed by atoms with Crippen molar-refractivity contribution in [3.05, 3.63) is 18.0 Å². The molecule has 0 amide bonds. The smallest absolute Gasteiger partial charge is 0.169 e. The Bertz CT molecular complexity index is 352. The Kier molecular flexibility index (Phi) is 1.59. The summed E-state index contributed by atoms with van der Waals surface area (Å²) in [4.78, 5) is 11.8. The minimum Gasteiger partial charge on any atom is -0.294 e. The Labute approximate surface area is 77.7 Å². The van der Waals surface area contributed by atoms with Crippen LogP contribution in [0.2, 0.25) is 0 Å². The van der Waals surface area contributed by atoms with Crippen LogP contribution in [0.25, 0.3) is 0 Å². The van der Waals surface area contributed by atoms with Crippen LogP contribution in [0.1, 0.15) is 30.6 Å². The number of rotatable bonds is 2. The summed E-state index contributed by atoms with van der Waals surface area (Å²) in [5.74, 6) is 0.467. The van der Waals surface area contributed by atoms with Crippen LogP contribution in [0, 0.1) is 11.3 Å². The molecule has 0 N–H and O–H groups in total. The summed E-state index contributed by atoms with van der Waals surface area (Å²) < 4.78 is 1.67. The van der Waals surface area contributed by atoms with Crippen LogP contribution in [0.5, 0.6) is 0 Å². The van der Waals surface area contributed by atoms with E-state index in [-0.39, 0.29) is 17.1 Å². The maximum atomic E-state index is 11.8.